The molecule has 0 aliphatic carbocycles. The van der Waals surface area contributed by atoms with Gasteiger partial charge in [-0.3, -0.25) is 14.4 Å². The van der Waals surface area contributed by atoms with E-state index in [0.29, 0.717) is 10.7 Å². The molecule has 1 unspecified atom stereocenters. The van der Waals surface area contributed by atoms with Gasteiger partial charge >= 0.3 is 0 Å². The molecule has 3 rings (SSSR count). The third-order valence-electron chi connectivity index (χ3n) is 5.16. The summed E-state index contributed by atoms with van der Waals surface area (Å²) in [4.78, 5) is 44.2. The smallest absolute Gasteiger partial charge is 0.247 e. The molecule has 0 saturated heterocycles. The van der Waals surface area contributed by atoms with Crippen LogP contribution >= 0.6 is 11.3 Å². The highest BCUT2D eigenvalue weighted by atomic mass is 32.1. The van der Waals surface area contributed by atoms with E-state index in [4.69, 9.17) is 4.74 Å². The van der Waals surface area contributed by atoms with Crippen LogP contribution in [0.1, 0.15) is 30.0 Å². The van der Waals surface area contributed by atoms with Crippen molar-refractivity contribution in [2.75, 3.05) is 25.6 Å². The van der Waals surface area contributed by atoms with E-state index in [1.807, 2.05) is 30.3 Å². The van der Waals surface area contributed by atoms with Crippen LogP contribution in [0.15, 0.2) is 66.2 Å². The van der Waals surface area contributed by atoms with Crippen LogP contribution in [-0.4, -0.2) is 47.9 Å². The van der Waals surface area contributed by atoms with Crippen LogP contribution in [0.3, 0.4) is 0 Å². The molecule has 0 saturated carbocycles. The van der Waals surface area contributed by atoms with Gasteiger partial charge in [-0.1, -0.05) is 42.5 Å². The summed E-state index contributed by atoms with van der Waals surface area (Å²) < 4.78 is 18.8. The van der Waals surface area contributed by atoms with Crippen LogP contribution in [0.25, 0.3) is 0 Å². The minimum atomic E-state index is -1.02. The van der Waals surface area contributed by atoms with E-state index >= 15 is 0 Å². The van der Waals surface area contributed by atoms with Crippen molar-refractivity contribution in [1.82, 2.24) is 15.2 Å². The number of halogens is 1. The van der Waals surface area contributed by atoms with Gasteiger partial charge in [-0.05, 0) is 23.3 Å². The second-order valence-corrected chi connectivity index (χ2v) is 8.52. The van der Waals surface area contributed by atoms with E-state index in [1.54, 1.807) is 11.6 Å². The van der Waals surface area contributed by atoms with E-state index < -0.39 is 23.7 Å². The van der Waals surface area contributed by atoms with Gasteiger partial charge in [0.1, 0.15) is 11.9 Å². The second kappa shape index (κ2) is 13.3. The van der Waals surface area contributed by atoms with Gasteiger partial charge in [-0.2, -0.15) is 0 Å². The summed E-state index contributed by atoms with van der Waals surface area (Å²) in [5, 5.41) is 7.68. The van der Waals surface area contributed by atoms with Gasteiger partial charge in [-0.15, -0.1) is 11.3 Å². The predicted octanol–water partition coefficient (Wildman–Crippen LogP) is 3.53. The number of rotatable bonds is 12. The molecule has 35 heavy (non-hydrogen) atoms. The monoisotopic (exact) mass is 498 g/mol. The van der Waals surface area contributed by atoms with Gasteiger partial charge < -0.3 is 20.3 Å². The molecule has 3 amide bonds. The Hall–Kier alpha value is -3.63. The molecule has 3 aromatic rings. The molecule has 0 aliphatic rings. The summed E-state index contributed by atoms with van der Waals surface area (Å²) in [5.41, 5.74) is 1.35. The first-order valence-corrected chi connectivity index (χ1v) is 11.9. The maximum atomic E-state index is 13.6. The summed E-state index contributed by atoms with van der Waals surface area (Å²) >= 11 is 1.28. The number of anilines is 1. The first kappa shape index (κ1) is 26.0. The number of ether oxygens (including phenoxy) is 1. The Balaban J connectivity index is 1.77. The average Bonchev–Trinajstić information content (AvgIpc) is 3.38. The SMILES string of the molecule is COCCN(C(=O)CCC(=O)Nc1nccs1)C(C(=O)NCc1ccccc1)c1ccc(F)cc1. The van der Waals surface area contributed by atoms with Crippen molar-refractivity contribution < 1.29 is 23.5 Å². The lowest BCUT2D eigenvalue weighted by atomic mass is 10.0. The molecule has 2 aromatic carbocycles. The molecule has 10 heteroatoms. The summed E-state index contributed by atoms with van der Waals surface area (Å²) in [6, 6.07) is 13.8. The predicted molar refractivity (Wildman–Crippen MR) is 131 cm³/mol. The van der Waals surface area contributed by atoms with Gasteiger partial charge in [0.2, 0.25) is 17.7 Å². The van der Waals surface area contributed by atoms with Crippen molar-refractivity contribution in [1.29, 1.82) is 0 Å². The van der Waals surface area contributed by atoms with Crippen molar-refractivity contribution in [3.05, 3.63) is 83.1 Å². The van der Waals surface area contributed by atoms with Crippen LogP contribution in [-0.2, 0) is 25.7 Å². The fraction of sp³-hybridized carbons (Fsp3) is 0.280. The Morgan fingerprint density at radius 3 is 2.49 bits per heavy atom. The largest absolute Gasteiger partial charge is 0.383 e. The van der Waals surface area contributed by atoms with Gasteiger partial charge in [0.05, 0.1) is 6.61 Å². The molecule has 0 aliphatic heterocycles. The molecule has 1 atom stereocenters. The van der Waals surface area contributed by atoms with E-state index in [9.17, 15) is 18.8 Å². The molecule has 1 heterocycles. The first-order chi connectivity index (χ1) is 17.0. The van der Waals surface area contributed by atoms with E-state index in [2.05, 4.69) is 15.6 Å². The topological polar surface area (TPSA) is 101 Å². The lowest BCUT2D eigenvalue weighted by Gasteiger charge is -2.31. The highest BCUT2D eigenvalue weighted by molar-refractivity contribution is 7.13. The number of carbonyl (C=O) groups is 3. The van der Waals surface area contributed by atoms with Crippen LogP contribution in [0.2, 0.25) is 0 Å². The molecule has 1 aromatic heterocycles. The molecular formula is C25H27FN4O4S. The van der Waals surface area contributed by atoms with Crippen molar-refractivity contribution in [2.45, 2.75) is 25.4 Å². The third kappa shape index (κ3) is 7.97. The zero-order valence-electron chi connectivity index (χ0n) is 19.3. The third-order valence-corrected chi connectivity index (χ3v) is 5.85. The Kier molecular flexibility index (Phi) is 9.88. The van der Waals surface area contributed by atoms with E-state index in [-0.39, 0.29) is 38.4 Å². The molecule has 2 N–H and O–H groups in total. The standard InChI is InChI=1S/C25H27FN4O4S/c1-34-15-14-30(22(32)12-11-21(31)29-25-27-13-16-35-25)23(19-7-9-20(26)10-8-19)24(33)28-17-18-5-3-2-4-6-18/h2-10,13,16,23H,11-12,14-15,17H2,1H3,(H,28,33)(H,27,29,31). The van der Waals surface area contributed by atoms with Gasteiger partial charge in [0.25, 0.3) is 0 Å². The van der Waals surface area contributed by atoms with Crippen molar-refractivity contribution in [2.24, 2.45) is 0 Å². The maximum Gasteiger partial charge on any atom is 0.247 e. The summed E-state index contributed by atoms with van der Waals surface area (Å²) in [5.74, 6) is -1.63. The summed E-state index contributed by atoms with van der Waals surface area (Å²) in [6.07, 6.45) is 1.37. The second-order valence-electron chi connectivity index (χ2n) is 7.62. The number of carbonyl (C=O) groups excluding carboxylic acids is 3. The molecule has 184 valence electrons. The molecule has 0 radical (unpaired) electrons. The maximum absolute atomic E-state index is 13.6. The normalized spacial score (nSPS) is 11.5. The molecule has 0 spiro atoms. The highest BCUT2D eigenvalue weighted by Gasteiger charge is 2.31. The first-order valence-electron chi connectivity index (χ1n) is 11.0. The Labute approximate surface area is 207 Å². The van der Waals surface area contributed by atoms with Crippen molar-refractivity contribution in [3.63, 3.8) is 0 Å². The number of amides is 3. The van der Waals surface area contributed by atoms with Gasteiger partial charge in [0, 0.05) is 44.6 Å². The molecule has 8 nitrogen and oxygen atoms in total. The number of hydrogen-bond acceptors (Lipinski definition) is 6. The van der Waals surface area contributed by atoms with Crippen LogP contribution in [0.5, 0.6) is 0 Å². The van der Waals surface area contributed by atoms with Gasteiger partial charge in [0.15, 0.2) is 5.13 Å². The number of thiazole rings is 1. The zero-order chi connectivity index (χ0) is 25.0. The van der Waals surface area contributed by atoms with Crippen LogP contribution < -0.4 is 10.6 Å². The Morgan fingerprint density at radius 1 is 1.09 bits per heavy atom. The molecule has 0 bridgehead atoms. The minimum Gasteiger partial charge on any atom is -0.383 e. The summed E-state index contributed by atoms with van der Waals surface area (Å²) in [7, 11) is 1.49. The zero-order valence-corrected chi connectivity index (χ0v) is 20.1. The quantitative estimate of drug-likeness (QED) is 0.398. The van der Waals surface area contributed by atoms with Crippen LogP contribution in [0.4, 0.5) is 9.52 Å². The van der Waals surface area contributed by atoms with Gasteiger partial charge in [-0.25, -0.2) is 9.37 Å². The molecule has 0 fully saturated rings. The highest BCUT2D eigenvalue weighted by Crippen LogP contribution is 2.23. The Bertz CT molecular complexity index is 1090. The van der Waals surface area contributed by atoms with Crippen LogP contribution in [0, 0.1) is 5.82 Å². The van der Waals surface area contributed by atoms with E-state index in [1.165, 1.54) is 47.6 Å². The molecular weight excluding hydrogens is 471 g/mol. The van der Waals surface area contributed by atoms with Crippen molar-refractivity contribution >= 4 is 34.2 Å². The fourth-order valence-electron chi connectivity index (χ4n) is 3.42. The number of nitrogens with zero attached hydrogens (tertiary/aromatic N) is 2. The lowest BCUT2D eigenvalue weighted by molar-refractivity contribution is -0.142. The lowest BCUT2D eigenvalue weighted by Crippen LogP contribution is -2.45. The summed E-state index contributed by atoms with van der Waals surface area (Å²) in [6.45, 7) is 0.560. The Morgan fingerprint density at radius 2 is 1.83 bits per heavy atom. The van der Waals surface area contributed by atoms with E-state index in [0.717, 1.165) is 5.56 Å². The van der Waals surface area contributed by atoms with Crippen molar-refractivity contribution in [3.8, 4) is 0 Å². The number of nitrogens with one attached hydrogen (secondary N) is 2. The number of methoxy groups -OCH3 is 1. The minimum absolute atomic E-state index is 0.0797. The fourth-order valence-corrected chi connectivity index (χ4v) is 3.96. The number of benzene rings is 2. The number of aromatic nitrogens is 1. The average molecular weight is 499 g/mol. The number of hydrogen-bond donors (Lipinski definition) is 2.